The molecule has 1 aromatic heterocycles. The maximum absolute atomic E-state index is 11.3. The molecule has 2 aliphatic rings. The van der Waals surface area contributed by atoms with Crippen LogP contribution in [-0.4, -0.2) is 38.7 Å². The lowest BCUT2D eigenvalue weighted by Crippen LogP contribution is -2.49. The zero-order valence-corrected chi connectivity index (χ0v) is 12.5. The second kappa shape index (κ2) is 5.75. The number of carboxylic acid groups (broad SMARTS) is 1. The molecule has 6 nitrogen and oxygen atoms in total. The Morgan fingerprint density at radius 1 is 1.38 bits per heavy atom. The SMILES string of the molecule is CN(Cc1nc(C2CC2)no1)C1(CC(=O)O)CCCCC1. The molecular formula is C15H23N3O3. The molecule has 0 bridgehead atoms. The Morgan fingerprint density at radius 3 is 2.71 bits per heavy atom. The van der Waals surface area contributed by atoms with Crippen molar-refractivity contribution in [2.24, 2.45) is 0 Å². The molecule has 0 radical (unpaired) electrons. The highest BCUT2D eigenvalue weighted by atomic mass is 16.5. The minimum absolute atomic E-state index is 0.188. The monoisotopic (exact) mass is 293 g/mol. The molecule has 0 aromatic carbocycles. The van der Waals surface area contributed by atoms with Crippen molar-refractivity contribution in [2.75, 3.05) is 7.05 Å². The van der Waals surface area contributed by atoms with E-state index in [2.05, 4.69) is 15.0 Å². The summed E-state index contributed by atoms with van der Waals surface area (Å²) in [5, 5.41) is 13.3. The van der Waals surface area contributed by atoms with Gasteiger partial charge >= 0.3 is 5.97 Å². The summed E-state index contributed by atoms with van der Waals surface area (Å²) in [6.07, 6.45) is 7.73. The Bertz CT molecular complexity index is 504. The van der Waals surface area contributed by atoms with Gasteiger partial charge in [-0.05, 0) is 32.7 Å². The number of aromatic nitrogens is 2. The maximum atomic E-state index is 11.3. The standard InChI is InChI=1S/C15H23N3O3/c1-18(10-12-16-14(17-21-12)11-5-6-11)15(9-13(19)20)7-3-2-4-8-15/h11H,2-10H2,1H3,(H,19,20). The summed E-state index contributed by atoms with van der Waals surface area (Å²) < 4.78 is 5.33. The van der Waals surface area contributed by atoms with Gasteiger partial charge in [0.15, 0.2) is 5.82 Å². The lowest BCUT2D eigenvalue weighted by Gasteiger charge is -2.43. The molecule has 2 saturated carbocycles. The Hall–Kier alpha value is -1.43. The predicted octanol–water partition coefficient (Wildman–Crippen LogP) is 2.56. The molecule has 1 heterocycles. The van der Waals surface area contributed by atoms with E-state index >= 15 is 0 Å². The van der Waals surface area contributed by atoms with Crippen LogP contribution in [0.2, 0.25) is 0 Å². The maximum Gasteiger partial charge on any atom is 0.305 e. The van der Waals surface area contributed by atoms with Crippen LogP contribution >= 0.6 is 0 Å². The van der Waals surface area contributed by atoms with Crippen LogP contribution < -0.4 is 0 Å². The topological polar surface area (TPSA) is 79.5 Å². The third-order valence-corrected chi connectivity index (χ3v) is 4.87. The molecule has 1 aromatic rings. The van der Waals surface area contributed by atoms with Crippen LogP contribution in [0, 0.1) is 0 Å². The van der Waals surface area contributed by atoms with Crippen molar-refractivity contribution in [2.45, 2.75) is 69.4 Å². The highest BCUT2D eigenvalue weighted by Gasteiger charge is 2.39. The van der Waals surface area contributed by atoms with Crippen molar-refractivity contribution >= 4 is 5.97 Å². The van der Waals surface area contributed by atoms with Gasteiger partial charge in [0.1, 0.15) is 0 Å². The first-order valence-corrected chi connectivity index (χ1v) is 7.85. The fourth-order valence-corrected chi connectivity index (χ4v) is 3.40. The lowest BCUT2D eigenvalue weighted by molar-refractivity contribution is -0.141. The molecule has 6 heteroatoms. The van der Waals surface area contributed by atoms with Crippen molar-refractivity contribution < 1.29 is 14.4 Å². The van der Waals surface area contributed by atoms with Gasteiger partial charge in [0.05, 0.1) is 13.0 Å². The summed E-state index contributed by atoms with van der Waals surface area (Å²) >= 11 is 0. The van der Waals surface area contributed by atoms with Crippen LogP contribution in [0.5, 0.6) is 0 Å². The van der Waals surface area contributed by atoms with Crippen LogP contribution in [0.25, 0.3) is 0 Å². The Balaban J connectivity index is 1.69. The summed E-state index contributed by atoms with van der Waals surface area (Å²) in [7, 11) is 1.98. The lowest BCUT2D eigenvalue weighted by atomic mass is 9.78. The summed E-state index contributed by atoms with van der Waals surface area (Å²) in [6, 6.07) is 0. The summed E-state index contributed by atoms with van der Waals surface area (Å²) in [6.45, 7) is 0.535. The van der Waals surface area contributed by atoms with Crippen molar-refractivity contribution in [3.05, 3.63) is 11.7 Å². The van der Waals surface area contributed by atoms with Gasteiger partial charge in [-0.15, -0.1) is 0 Å². The molecular weight excluding hydrogens is 270 g/mol. The molecule has 0 spiro atoms. The van der Waals surface area contributed by atoms with Crippen LogP contribution in [-0.2, 0) is 11.3 Å². The molecule has 0 amide bonds. The van der Waals surface area contributed by atoms with E-state index in [0.29, 0.717) is 18.4 Å². The van der Waals surface area contributed by atoms with Crippen LogP contribution in [0.3, 0.4) is 0 Å². The fourth-order valence-electron chi connectivity index (χ4n) is 3.40. The van der Waals surface area contributed by atoms with E-state index in [1.807, 2.05) is 7.05 Å². The normalized spacial score (nSPS) is 21.6. The van der Waals surface area contributed by atoms with Crippen molar-refractivity contribution in [1.82, 2.24) is 15.0 Å². The molecule has 3 rings (SSSR count). The zero-order valence-electron chi connectivity index (χ0n) is 12.5. The quantitative estimate of drug-likeness (QED) is 0.868. The average Bonchev–Trinajstić information content (AvgIpc) is 3.20. The number of hydrogen-bond acceptors (Lipinski definition) is 5. The fraction of sp³-hybridized carbons (Fsp3) is 0.800. The number of nitrogens with zero attached hydrogens (tertiary/aromatic N) is 3. The predicted molar refractivity (Wildman–Crippen MR) is 75.8 cm³/mol. The second-order valence-corrected chi connectivity index (χ2v) is 6.53. The smallest absolute Gasteiger partial charge is 0.305 e. The average molecular weight is 293 g/mol. The van der Waals surface area contributed by atoms with Gasteiger partial charge in [-0.25, -0.2) is 0 Å². The number of rotatable bonds is 6. The third kappa shape index (κ3) is 3.26. The van der Waals surface area contributed by atoms with Crippen LogP contribution in [0.1, 0.15) is 69.0 Å². The van der Waals surface area contributed by atoms with Gasteiger partial charge in [0.25, 0.3) is 0 Å². The number of hydrogen-bond donors (Lipinski definition) is 1. The molecule has 0 unspecified atom stereocenters. The zero-order chi connectivity index (χ0) is 14.9. The number of carbonyl (C=O) groups is 1. The highest BCUT2D eigenvalue weighted by molar-refractivity contribution is 5.68. The van der Waals surface area contributed by atoms with Gasteiger partial charge in [-0.3, -0.25) is 9.69 Å². The second-order valence-electron chi connectivity index (χ2n) is 6.53. The first-order valence-electron chi connectivity index (χ1n) is 7.85. The summed E-state index contributed by atoms with van der Waals surface area (Å²) in [5.41, 5.74) is -0.266. The van der Waals surface area contributed by atoms with Gasteiger partial charge in [-0.2, -0.15) is 4.98 Å². The van der Waals surface area contributed by atoms with E-state index in [0.717, 1.165) is 44.3 Å². The number of aliphatic carboxylic acids is 1. The van der Waals surface area contributed by atoms with Crippen molar-refractivity contribution in [3.63, 3.8) is 0 Å². The van der Waals surface area contributed by atoms with Gasteiger partial charge in [-0.1, -0.05) is 24.4 Å². The first-order chi connectivity index (χ1) is 10.1. The molecule has 116 valence electrons. The minimum Gasteiger partial charge on any atom is -0.481 e. The van der Waals surface area contributed by atoms with E-state index in [1.165, 1.54) is 6.42 Å². The molecule has 0 atom stereocenters. The van der Waals surface area contributed by atoms with E-state index in [1.54, 1.807) is 0 Å². The molecule has 2 fully saturated rings. The minimum atomic E-state index is -0.729. The first kappa shape index (κ1) is 14.5. The third-order valence-electron chi connectivity index (χ3n) is 4.87. The van der Waals surface area contributed by atoms with Gasteiger partial charge in [0.2, 0.25) is 5.89 Å². The molecule has 0 saturated heterocycles. The Labute approximate surface area is 124 Å². The largest absolute Gasteiger partial charge is 0.481 e. The molecule has 2 aliphatic carbocycles. The number of carboxylic acids is 1. The Morgan fingerprint density at radius 2 is 2.10 bits per heavy atom. The van der Waals surface area contributed by atoms with Crippen LogP contribution in [0.15, 0.2) is 4.52 Å². The summed E-state index contributed by atoms with van der Waals surface area (Å²) in [5.74, 6) is 1.17. The highest BCUT2D eigenvalue weighted by Crippen LogP contribution is 2.39. The van der Waals surface area contributed by atoms with E-state index in [-0.39, 0.29) is 12.0 Å². The van der Waals surface area contributed by atoms with Crippen LogP contribution in [0.4, 0.5) is 0 Å². The molecule has 21 heavy (non-hydrogen) atoms. The molecule has 0 aliphatic heterocycles. The Kier molecular flexibility index (Phi) is 3.97. The molecule has 1 N–H and O–H groups in total. The van der Waals surface area contributed by atoms with E-state index in [9.17, 15) is 9.90 Å². The van der Waals surface area contributed by atoms with Gasteiger partial charge in [0, 0.05) is 11.5 Å². The van der Waals surface area contributed by atoms with Crippen molar-refractivity contribution in [1.29, 1.82) is 0 Å². The summed E-state index contributed by atoms with van der Waals surface area (Å²) in [4.78, 5) is 17.8. The van der Waals surface area contributed by atoms with E-state index < -0.39 is 5.97 Å². The van der Waals surface area contributed by atoms with Gasteiger partial charge < -0.3 is 9.63 Å². The van der Waals surface area contributed by atoms with Crippen molar-refractivity contribution in [3.8, 4) is 0 Å². The van der Waals surface area contributed by atoms with E-state index in [4.69, 9.17) is 4.52 Å².